The van der Waals surface area contributed by atoms with Gasteiger partial charge in [0.2, 0.25) is 0 Å². The van der Waals surface area contributed by atoms with Crippen LogP contribution in [-0.2, 0) is 6.18 Å². The quantitative estimate of drug-likeness (QED) is 0.733. The van der Waals surface area contributed by atoms with Gasteiger partial charge in [-0.1, -0.05) is 0 Å². The molecule has 0 aliphatic heterocycles. The molecule has 0 atom stereocenters. The molecule has 116 valence electrons. The number of hydrogen-bond donors (Lipinski definition) is 1. The number of carbonyl (C=O) groups is 1. The van der Waals surface area contributed by atoms with Gasteiger partial charge in [-0.3, -0.25) is 4.79 Å². The van der Waals surface area contributed by atoms with Gasteiger partial charge in [0, 0.05) is 15.9 Å². The Morgan fingerprint density at radius 2 is 1.86 bits per heavy atom. The average Bonchev–Trinajstić information content (AvgIpc) is 2.40. The third-order valence-corrected chi connectivity index (χ3v) is 4.66. The third-order valence-electron chi connectivity index (χ3n) is 3.53. The van der Waals surface area contributed by atoms with E-state index >= 15 is 0 Å². The Morgan fingerprint density at radius 3 is 2.43 bits per heavy atom. The number of amides is 1. The van der Waals surface area contributed by atoms with Crippen LogP contribution in [0.15, 0.2) is 22.7 Å². The largest absolute Gasteiger partial charge is 0.416 e. The predicted octanol–water partition coefficient (Wildman–Crippen LogP) is 4.75. The van der Waals surface area contributed by atoms with Gasteiger partial charge in [0.1, 0.15) is 0 Å². The number of benzene rings is 1. The smallest absolute Gasteiger partial charge is 0.349 e. The minimum Gasteiger partial charge on any atom is -0.349 e. The fourth-order valence-electron chi connectivity index (χ4n) is 2.34. The van der Waals surface area contributed by atoms with Crippen molar-refractivity contribution >= 4 is 33.4 Å². The minimum absolute atomic E-state index is 0.00202. The molecule has 0 spiro atoms. The second-order valence-corrected chi connectivity index (χ2v) is 6.59. The SMILES string of the molecule is O=C(NC1CCC(Cl)CC1)c1cc(C(F)(F)F)ccc1Br. The molecule has 0 radical (unpaired) electrons. The Kier molecular flexibility index (Phi) is 5.20. The van der Waals surface area contributed by atoms with Crippen LogP contribution in [0.4, 0.5) is 13.2 Å². The number of carbonyl (C=O) groups excluding carboxylic acids is 1. The molecule has 1 aromatic carbocycles. The van der Waals surface area contributed by atoms with Crippen molar-refractivity contribution in [1.29, 1.82) is 0 Å². The summed E-state index contributed by atoms with van der Waals surface area (Å²) in [6.07, 6.45) is -1.37. The molecule has 1 N–H and O–H groups in total. The van der Waals surface area contributed by atoms with Crippen LogP contribution in [0.2, 0.25) is 0 Å². The summed E-state index contributed by atoms with van der Waals surface area (Å²) >= 11 is 9.11. The van der Waals surface area contributed by atoms with Gasteiger partial charge >= 0.3 is 6.18 Å². The van der Waals surface area contributed by atoms with Gasteiger partial charge in [-0.05, 0) is 59.8 Å². The first kappa shape index (κ1) is 16.6. The lowest BCUT2D eigenvalue weighted by atomic mass is 9.94. The van der Waals surface area contributed by atoms with Gasteiger partial charge in [0.05, 0.1) is 11.1 Å². The maximum Gasteiger partial charge on any atom is 0.416 e. The lowest BCUT2D eigenvalue weighted by Crippen LogP contribution is -2.38. The van der Waals surface area contributed by atoms with Crippen molar-refractivity contribution in [3.8, 4) is 0 Å². The molecular formula is C14H14BrClF3NO. The molecule has 0 bridgehead atoms. The number of rotatable bonds is 2. The Bertz CT molecular complexity index is 527. The van der Waals surface area contributed by atoms with Crippen LogP contribution in [0, 0.1) is 0 Å². The highest BCUT2D eigenvalue weighted by atomic mass is 79.9. The van der Waals surface area contributed by atoms with Gasteiger partial charge in [-0.15, -0.1) is 11.6 Å². The molecule has 0 saturated heterocycles. The van der Waals surface area contributed by atoms with Crippen molar-refractivity contribution < 1.29 is 18.0 Å². The second-order valence-electron chi connectivity index (χ2n) is 5.11. The fourth-order valence-corrected chi connectivity index (χ4v) is 3.01. The molecule has 0 unspecified atom stereocenters. The molecule has 1 aromatic rings. The van der Waals surface area contributed by atoms with E-state index in [9.17, 15) is 18.0 Å². The van der Waals surface area contributed by atoms with Crippen molar-refractivity contribution in [2.75, 3.05) is 0 Å². The summed E-state index contributed by atoms with van der Waals surface area (Å²) in [5, 5.41) is 2.90. The highest BCUT2D eigenvalue weighted by Gasteiger charge is 2.32. The van der Waals surface area contributed by atoms with E-state index in [-0.39, 0.29) is 17.0 Å². The van der Waals surface area contributed by atoms with Crippen LogP contribution in [0.3, 0.4) is 0 Å². The van der Waals surface area contributed by atoms with Gasteiger partial charge < -0.3 is 5.32 Å². The molecule has 0 heterocycles. The Balaban J connectivity index is 2.11. The standard InChI is InChI=1S/C14H14BrClF3NO/c15-12-6-1-8(14(17,18)19)7-11(12)13(21)20-10-4-2-9(16)3-5-10/h1,6-7,9-10H,2-5H2,(H,20,21). The number of hydrogen-bond acceptors (Lipinski definition) is 1. The van der Waals surface area contributed by atoms with Crippen LogP contribution in [0.1, 0.15) is 41.6 Å². The van der Waals surface area contributed by atoms with Crippen LogP contribution >= 0.6 is 27.5 Å². The van der Waals surface area contributed by atoms with Gasteiger partial charge in [-0.25, -0.2) is 0 Å². The molecule has 0 aromatic heterocycles. The first-order chi connectivity index (χ1) is 9.77. The number of alkyl halides is 4. The summed E-state index contributed by atoms with van der Waals surface area (Å²) in [5.74, 6) is -0.494. The van der Waals surface area contributed by atoms with Crippen molar-refractivity contribution in [1.82, 2.24) is 5.32 Å². The Morgan fingerprint density at radius 1 is 1.24 bits per heavy atom. The predicted molar refractivity (Wildman–Crippen MR) is 78.5 cm³/mol. The fraction of sp³-hybridized carbons (Fsp3) is 0.500. The molecule has 2 rings (SSSR count). The normalized spacial score (nSPS) is 22.9. The van der Waals surface area contributed by atoms with Crippen molar-refractivity contribution in [3.05, 3.63) is 33.8 Å². The average molecular weight is 385 g/mol. The van der Waals surface area contributed by atoms with E-state index in [1.807, 2.05) is 0 Å². The van der Waals surface area contributed by atoms with Crippen molar-refractivity contribution in [3.63, 3.8) is 0 Å². The highest BCUT2D eigenvalue weighted by molar-refractivity contribution is 9.10. The first-order valence-electron chi connectivity index (χ1n) is 6.59. The van der Waals surface area contributed by atoms with E-state index < -0.39 is 17.6 Å². The summed E-state index contributed by atoms with van der Waals surface area (Å²) in [7, 11) is 0. The lowest BCUT2D eigenvalue weighted by Gasteiger charge is -2.26. The van der Waals surface area contributed by atoms with E-state index in [4.69, 9.17) is 11.6 Å². The zero-order valence-electron chi connectivity index (χ0n) is 11.0. The van der Waals surface area contributed by atoms with E-state index in [1.165, 1.54) is 6.07 Å². The molecule has 7 heteroatoms. The molecule has 1 aliphatic carbocycles. The topological polar surface area (TPSA) is 29.1 Å². The van der Waals surface area contributed by atoms with E-state index in [2.05, 4.69) is 21.2 Å². The van der Waals surface area contributed by atoms with Gasteiger partial charge in [0.25, 0.3) is 5.91 Å². The molecule has 1 fully saturated rings. The Hall–Kier alpha value is -0.750. The molecule has 2 nitrogen and oxygen atoms in total. The van der Waals surface area contributed by atoms with E-state index in [1.54, 1.807) is 0 Å². The maximum atomic E-state index is 12.7. The number of nitrogens with one attached hydrogen (secondary N) is 1. The van der Waals surface area contributed by atoms with Crippen molar-refractivity contribution in [2.45, 2.75) is 43.3 Å². The maximum absolute atomic E-state index is 12.7. The Labute approximate surface area is 134 Å². The van der Waals surface area contributed by atoms with Crippen molar-refractivity contribution in [2.24, 2.45) is 0 Å². The summed E-state index contributed by atoms with van der Waals surface area (Å²) in [6.45, 7) is 0. The number of halogens is 5. The third kappa shape index (κ3) is 4.36. The van der Waals surface area contributed by atoms with Crippen LogP contribution in [0.25, 0.3) is 0 Å². The van der Waals surface area contributed by atoms with Gasteiger partial charge in [0.15, 0.2) is 0 Å². The molecule has 21 heavy (non-hydrogen) atoms. The lowest BCUT2D eigenvalue weighted by molar-refractivity contribution is -0.137. The van der Waals surface area contributed by atoms with E-state index in [0.29, 0.717) is 4.47 Å². The van der Waals surface area contributed by atoms with Crippen LogP contribution in [-0.4, -0.2) is 17.3 Å². The molecule has 1 saturated carbocycles. The summed E-state index contributed by atoms with van der Waals surface area (Å²) in [5.41, 5.74) is -0.835. The summed E-state index contributed by atoms with van der Waals surface area (Å²) in [6, 6.07) is 3.02. The van der Waals surface area contributed by atoms with E-state index in [0.717, 1.165) is 37.8 Å². The molecule has 1 amide bonds. The molecular weight excluding hydrogens is 371 g/mol. The summed E-state index contributed by atoms with van der Waals surface area (Å²) in [4.78, 5) is 12.2. The zero-order chi connectivity index (χ0) is 15.6. The minimum atomic E-state index is -4.47. The second kappa shape index (κ2) is 6.57. The van der Waals surface area contributed by atoms with Gasteiger partial charge in [-0.2, -0.15) is 13.2 Å². The van der Waals surface area contributed by atoms with Crippen LogP contribution < -0.4 is 5.32 Å². The van der Waals surface area contributed by atoms with Crippen LogP contribution in [0.5, 0.6) is 0 Å². The molecule has 1 aliphatic rings. The highest BCUT2D eigenvalue weighted by Crippen LogP contribution is 2.32. The summed E-state index contributed by atoms with van der Waals surface area (Å²) < 4.78 is 38.5. The zero-order valence-corrected chi connectivity index (χ0v) is 13.4. The monoisotopic (exact) mass is 383 g/mol. The first-order valence-corrected chi connectivity index (χ1v) is 7.82.